The smallest absolute Gasteiger partial charge is 0.304 e. The number of amides is 2. The molecule has 0 bridgehead atoms. The van der Waals surface area contributed by atoms with Crippen molar-refractivity contribution in [2.24, 2.45) is 5.92 Å². The Morgan fingerprint density at radius 1 is 1.08 bits per heavy atom. The number of nitrogens with one attached hydrogen (secondary N) is 1. The Morgan fingerprint density at radius 3 is 2.32 bits per heavy atom. The van der Waals surface area contributed by atoms with E-state index in [2.05, 4.69) is 5.32 Å². The van der Waals surface area contributed by atoms with Crippen molar-refractivity contribution >= 4 is 27.7 Å². The molecule has 0 aliphatic carbocycles. The van der Waals surface area contributed by atoms with Gasteiger partial charge < -0.3 is 15.0 Å². The first-order valence-electron chi connectivity index (χ1n) is 12.1. The largest absolute Gasteiger partial charge is 0.497 e. The lowest BCUT2D eigenvalue weighted by Gasteiger charge is -2.34. The second-order valence-electron chi connectivity index (χ2n) is 9.18. The molecule has 37 heavy (non-hydrogen) atoms. The van der Waals surface area contributed by atoms with Gasteiger partial charge in [-0.25, -0.2) is 8.70 Å². The summed E-state index contributed by atoms with van der Waals surface area (Å²) in [7, 11) is -0.117. The molecule has 0 heterocycles. The summed E-state index contributed by atoms with van der Waals surface area (Å²) < 4.78 is 47.9. The number of ether oxygens (including phenoxy) is 1. The molecule has 0 spiro atoms. The van der Waals surface area contributed by atoms with Crippen molar-refractivity contribution in [3.05, 3.63) is 59.9 Å². The molecule has 2 aromatic carbocycles. The van der Waals surface area contributed by atoms with E-state index >= 15 is 0 Å². The zero-order valence-electron chi connectivity index (χ0n) is 22.3. The van der Waals surface area contributed by atoms with E-state index in [1.54, 1.807) is 31.2 Å². The Kier molecular flexibility index (Phi) is 10.9. The van der Waals surface area contributed by atoms with Gasteiger partial charge in [-0.05, 0) is 42.2 Å². The Labute approximate surface area is 219 Å². The van der Waals surface area contributed by atoms with E-state index in [0.717, 1.165) is 14.7 Å². The number of carbonyl (C=O) groups is 2. The van der Waals surface area contributed by atoms with E-state index in [-0.39, 0.29) is 24.1 Å². The molecule has 2 amide bonds. The van der Waals surface area contributed by atoms with Crippen LogP contribution in [0.15, 0.2) is 48.5 Å². The van der Waals surface area contributed by atoms with Gasteiger partial charge in [-0.15, -0.1) is 0 Å². The van der Waals surface area contributed by atoms with Crippen molar-refractivity contribution in [2.45, 2.75) is 39.8 Å². The van der Waals surface area contributed by atoms with E-state index in [0.29, 0.717) is 24.3 Å². The van der Waals surface area contributed by atoms with Crippen molar-refractivity contribution in [1.29, 1.82) is 0 Å². The van der Waals surface area contributed by atoms with Crippen LogP contribution in [-0.4, -0.2) is 69.8 Å². The molecule has 0 saturated carbocycles. The maximum Gasteiger partial charge on any atom is 0.304 e. The fraction of sp³-hybridized carbons (Fsp3) is 0.462. The number of nitrogens with zero attached hydrogens (tertiary/aromatic N) is 3. The van der Waals surface area contributed by atoms with Crippen LogP contribution in [0.4, 0.5) is 10.1 Å². The number of rotatable bonds is 13. The zero-order valence-corrected chi connectivity index (χ0v) is 23.1. The molecule has 0 aromatic heterocycles. The number of benzene rings is 2. The summed E-state index contributed by atoms with van der Waals surface area (Å²) in [6.07, 6.45) is 0.291. The molecular formula is C26H37FN4O5S. The van der Waals surface area contributed by atoms with Crippen molar-refractivity contribution in [2.75, 3.05) is 38.6 Å². The van der Waals surface area contributed by atoms with Crippen LogP contribution in [0.2, 0.25) is 0 Å². The number of anilines is 1. The summed E-state index contributed by atoms with van der Waals surface area (Å²) in [6.45, 7) is 5.44. The van der Waals surface area contributed by atoms with Crippen LogP contribution in [0.3, 0.4) is 0 Å². The molecule has 1 atom stereocenters. The van der Waals surface area contributed by atoms with Crippen LogP contribution in [-0.2, 0) is 26.3 Å². The maximum atomic E-state index is 14.7. The third-order valence-corrected chi connectivity index (χ3v) is 7.50. The second kappa shape index (κ2) is 13.4. The highest BCUT2D eigenvalue weighted by Crippen LogP contribution is 2.24. The van der Waals surface area contributed by atoms with Crippen LogP contribution < -0.4 is 14.4 Å². The quantitative estimate of drug-likeness (QED) is 0.424. The summed E-state index contributed by atoms with van der Waals surface area (Å²) in [4.78, 5) is 28.2. The average Bonchev–Trinajstić information content (AvgIpc) is 2.86. The SMILES string of the molecule is CC[C@@H](C(=O)NCC(C)C)N(Cc1cccc(OC)c1)C(=O)CN(c1ccccc1F)S(=O)(=O)N(C)C. The number of hydrogen-bond acceptors (Lipinski definition) is 5. The van der Waals surface area contributed by atoms with Crippen molar-refractivity contribution in [3.63, 3.8) is 0 Å². The Balaban J connectivity index is 2.52. The molecule has 11 heteroatoms. The lowest BCUT2D eigenvalue weighted by Crippen LogP contribution is -2.53. The summed E-state index contributed by atoms with van der Waals surface area (Å²) >= 11 is 0. The predicted molar refractivity (Wildman–Crippen MR) is 142 cm³/mol. The van der Waals surface area contributed by atoms with E-state index in [9.17, 15) is 22.4 Å². The Bertz CT molecular complexity index is 1170. The molecule has 0 radical (unpaired) electrons. The lowest BCUT2D eigenvalue weighted by atomic mass is 10.1. The van der Waals surface area contributed by atoms with Gasteiger partial charge in [0.15, 0.2) is 0 Å². The highest BCUT2D eigenvalue weighted by atomic mass is 32.2. The molecule has 1 N–H and O–H groups in total. The number of para-hydroxylation sites is 1. The molecule has 0 fully saturated rings. The van der Waals surface area contributed by atoms with Crippen LogP contribution in [0.1, 0.15) is 32.8 Å². The third kappa shape index (κ3) is 7.90. The normalized spacial score (nSPS) is 12.4. The number of halogens is 1. The minimum absolute atomic E-state index is 0.0246. The Morgan fingerprint density at radius 2 is 1.76 bits per heavy atom. The molecule has 2 aromatic rings. The van der Waals surface area contributed by atoms with Crippen LogP contribution in [0.5, 0.6) is 5.75 Å². The second-order valence-corrected chi connectivity index (χ2v) is 11.3. The van der Waals surface area contributed by atoms with Gasteiger partial charge in [0.2, 0.25) is 11.8 Å². The fourth-order valence-electron chi connectivity index (χ4n) is 3.67. The van der Waals surface area contributed by atoms with Crippen LogP contribution in [0, 0.1) is 11.7 Å². The van der Waals surface area contributed by atoms with Gasteiger partial charge in [0.05, 0.1) is 12.8 Å². The van der Waals surface area contributed by atoms with Crippen molar-refractivity contribution < 1.29 is 27.1 Å². The summed E-state index contributed by atoms with van der Waals surface area (Å²) in [5.74, 6) is -1.01. The summed E-state index contributed by atoms with van der Waals surface area (Å²) in [6, 6.07) is 11.5. The fourth-order valence-corrected chi connectivity index (χ4v) is 4.73. The maximum absolute atomic E-state index is 14.7. The monoisotopic (exact) mass is 536 g/mol. The van der Waals surface area contributed by atoms with Crippen LogP contribution >= 0.6 is 0 Å². The first-order chi connectivity index (χ1) is 17.4. The molecule has 0 aliphatic rings. The van der Waals surface area contributed by atoms with E-state index in [1.165, 1.54) is 44.3 Å². The van der Waals surface area contributed by atoms with Gasteiger partial charge in [-0.1, -0.05) is 45.0 Å². The minimum atomic E-state index is -4.24. The predicted octanol–water partition coefficient (Wildman–Crippen LogP) is 3.03. The van der Waals surface area contributed by atoms with Gasteiger partial charge in [0.1, 0.15) is 24.2 Å². The molecule has 204 valence electrons. The molecule has 0 saturated heterocycles. The molecule has 2 rings (SSSR count). The number of methoxy groups -OCH3 is 1. The van der Waals surface area contributed by atoms with Crippen LogP contribution in [0.25, 0.3) is 0 Å². The average molecular weight is 537 g/mol. The minimum Gasteiger partial charge on any atom is -0.497 e. The highest BCUT2D eigenvalue weighted by molar-refractivity contribution is 7.90. The Hall–Kier alpha value is -3.18. The van der Waals surface area contributed by atoms with Gasteiger partial charge in [-0.3, -0.25) is 9.59 Å². The summed E-state index contributed by atoms with van der Waals surface area (Å²) in [5.41, 5.74) is 0.430. The number of carbonyl (C=O) groups excluding carboxylic acids is 2. The van der Waals surface area contributed by atoms with Gasteiger partial charge >= 0.3 is 10.2 Å². The first-order valence-corrected chi connectivity index (χ1v) is 13.5. The van der Waals surface area contributed by atoms with Gasteiger partial charge in [0.25, 0.3) is 0 Å². The topological polar surface area (TPSA) is 99.3 Å². The third-order valence-electron chi connectivity index (χ3n) is 5.70. The van der Waals surface area contributed by atoms with E-state index < -0.39 is 34.5 Å². The van der Waals surface area contributed by atoms with Gasteiger partial charge in [0, 0.05) is 27.2 Å². The van der Waals surface area contributed by atoms with E-state index in [4.69, 9.17) is 4.74 Å². The van der Waals surface area contributed by atoms with E-state index in [1.807, 2.05) is 13.8 Å². The van der Waals surface area contributed by atoms with Crippen molar-refractivity contribution in [1.82, 2.24) is 14.5 Å². The summed E-state index contributed by atoms with van der Waals surface area (Å²) in [5, 5.41) is 2.86. The molecule has 0 aliphatic heterocycles. The molecular weight excluding hydrogens is 499 g/mol. The van der Waals surface area contributed by atoms with Crippen molar-refractivity contribution in [3.8, 4) is 5.75 Å². The highest BCUT2D eigenvalue weighted by Gasteiger charge is 2.34. The lowest BCUT2D eigenvalue weighted by molar-refractivity contribution is -0.140. The standard InChI is InChI=1S/C26H37FN4O5S/c1-7-23(26(33)28-16-19(2)3)30(17-20-11-10-12-21(15-20)36-6)25(32)18-31(37(34,35)29(4)5)24-14-9-8-13-22(24)27/h8-15,19,23H,7,16-18H2,1-6H3,(H,28,33)/t23-/m0/s1. The van der Waals surface area contributed by atoms with Gasteiger partial charge in [-0.2, -0.15) is 12.7 Å². The first kappa shape index (κ1) is 30.0. The number of hydrogen-bond donors (Lipinski definition) is 1. The molecule has 9 nitrogen and oxygen atoms in total. The molecule has 0 unspecified atom stereocenters. The zero-order chi connectivity index (χ0) is 27.8.